The molecule has 0 bridgehead atoms. The van der Waals surface area contributed by atoms with E-state index in [2.05, 4.69) is 18.8 Å². The van der Waals surface area contributed by atoms with Crippen molar-refractivity contribution in [1.82, 2.24) is 4.98 Å². The predicted molar refractivity (Wildman–Crippen MR) is 86.5 cm³/mol. The smallest absolute Gasteiger partial charge is 0.139 e. The van der Waals surface area contributed by atoms with Crippen molar-refractivity contribution in [3.8, 4) is 5.75 Å². The standard InChI is InChI=1S/C16H18ClNO2S/c1-11-5-6-14(8-12(11)2)20-7-3-4-13(19)9-16-18-10-15(17)21-16/h5-6,8,10H,3-4,7,9H2,1-2H3. The van der Waals surface area contributed by atoms with Gasteiger partial charge in [-0.3, -0.25) is 4.79 Å². The number of hydrogen-bond donors (Lipinski definition) is 0. The Bertz CT molecular complexity index is 624. The Morgan fingerprint density at radius 1 is 1.33 bits per heavy atom. The molecule has 21 heavy (non-hydrogen) atoms. The maximum atomic E-state index is 11.8. The minimum Gasteiger partial charge on any atom is -0.494 e. The topological polar surface area (TPSA) is 39.2 Å². The Labute approximate surface area is 133 Å². The number of nitrogens with zero attached hydrogens (tertiary/aromatic N) is 1. The van der Waals surface area contributed by atoms with E-state index in [4.69, 9.17) is 16.3 Å². The van der Waals surface area contributed by atoms with Crippen LogP contribution in [0.3, 0.4) is 0 Å². The van der Waals surface area contributed by atoms with Gasteiger partial charge in [0.25, 0.3) is 0 Å². The van der Waals surface area contributed by atoms with Crippen LogP contribution in [0.5, 0.6) is 5.75 Å². The molecular formula is C16H18ClNO2S. The van der Waals surface area contributed by atoms with E-state index in [-0.39, 0.29) is 5.78 Å². The Kier molecular flexibility index (Phi) is 5.76. The number of ketones is 1. The second kappa shape index (κ2) is 7.57. The molecule has 3 nitrogen and oxygen atoms in total. The van der Waals surface area contributed by atoms with Gasteiger partial charge in [-0.1, -0.05) is 17.7 Å². The van der Waals surface area contributed by atoms with Crippen molar-refractivity contribution < 1.29 is 9.53 Å². The fourth-order valence-corrected chi connectivity index (χ4v) is 2.87. The van der Waals surface area contributed by atoms with Crippen molar-refractivity contribution in [1.29, 1.82) is 0 Å². The number of thiazole rings is 1. The van der Waals surface area contributed by atoms with Crippen molar-refractivity contribution in [2.75, 3.05) is 6.61 Å². The molecule has 1 aromatic heterocycles. The molecule has 2 rings (SSSR count). The largest absolute Gasteiger partial charge is 0.494 e. The highest BCUT2D eigenvalue weighted by atomic mass is 35.5. The van der Waals surface area contributed by atoms with Gasteiger partial charge in [-0.2, -0.15) is 0 Å². The number of hydrogen-bond acceptors (Lipinski definition) is 4. The lowest BCUT2D eigenvalue weighted by molar-refractivity contribution is -0.118. The van der Waals surface area contributed by atoms with Crippen LogP contribution in [0, 0.1) is 13.8 Å². The van der Waals surface area contributed by atoms with Crippen molar-refractivity contribution in [2.45, 2.75) is 33.1 Å². The summed E-state index contributed by atoms with van der Waals surface area (Å²) in [5, 5.41) is 0.778. The molecule has 1 aromatic carbocycles. The van der Waals surface area contributed by atoms with E-state index in [1.54, 1.807) is 6.20 Å². The first-order chi connectivity index (χ1) is 10.0. The van der Waals surface area contributed by atoms with Crippen LogP contribution in [0.25, 0.3) is 0 Å². The fourth-order valence-electron chi connectivity index (χ4n) is 1.89. The monoisotopic (exact) mass is 323 g/mol. The normalized spacial score (nSPS) is 10.6. The van der Waals surface area contributed by atoms with Gasteiger partial charge in [-0.15, -0.1) is 11.3 Å². The van der Waals surface area contributed by atoms with Crippen LogP contribution in [0.4, 0.5) is 0 Å². The zero-order chi connectivity index (χ0) is 15.2. The highest BCUT2D eigenvalue weighted by Gasteiger charge is 2.07. The molecule has 112 valence electrons. The lowest BCUT2D eigenvalue weighted by Crippen LogP contribution is -2.06. The maximum Gasteiger partial charge on any atom is 0.139 e. The van der Waals surface area contributed by atoms with Gasteiger partial charge in [-0.05, 0) is 43.5 Å². The number of halogens is 1. The molecule has 0 aliphatic rings. The molecule has 0 saturated heterocycles. The number of rotatable bonds is 7. The molecule has 2 aromatic rings. The molecule has 0 radical (unpaired) electrons. The lowest BCUT2D eigenvalue weighted by Gasteiger charge is -2.07. The molecule has 0 spiro atoms. The van der Waals surface area contributed by atoms with Crippen LogP contribution in [0.1, 0.15) is 29.0 Å². The summed E-state index contributed by atoms with van der Waals surface area (Å²) in [5.74, 6) is 1.03. The van der Waals surface area contributed by atoms with E-state index in [0.29, 0.717) is 30.2 Å². The summed E-state index contributed by atoms with van der Waals surface area (Å²) >= 11 is 7.14. The SMILES string of the molecule is Cc1ccc(OCCCC(=O)Cc2ncc(Cl)s2)cc1C. The quantitative estimate of drug-likeness (QED) is 0.710. The third-order valence-corrected chi connectivity index (χ3v) is 4.34. The molecule has 0 N–H and O–H groups in total. The molecule has 0 aliphatic heterocycles. The molecule has 0 unspecified atom stereocenters. The number of ether oxygens (including phenoxy) is 1. The Morgan fingerprint density at radius 3 is 2.81 bits per heavy atom. The van der Waals surface area contributed by atoms with Crippen molar-refractivity contribution in [3.63, 3.8) is 0 Å². The second-order valence-electron chi connectivity index (χ2n) is 4.97. The van der Waals surface area contributed by atoms with Crippen LogP contribution in [-0.2, 0) is 11.2 Å². The molecular weight excluding hydrogens is 306 g/mol. The molecule has 0 fully saturated rings. The van der Waals surface area contributed by atoms with Crippen LogP contribution in [0.15, 0.2) is 24.4 Å². The van der Waals surface area contributed by atoms with Crippen LogP contribution >= 0.6 is 22.9 Å². The van der Waals surface area contributed by atoms with Gasteiger partial charge in [0.2, 0.25) is 0 Å². The average molecular weight is 324 g/mol. The number of carbonyl (C=O) groups is 1. The number of carbonyl (C=O) groups excluding carboxylic acids is 1. The number of benzene rings is 1. The van der Waals surface area contributed by atoms with E-state index in [0.717, 1.165) is 10.8 Å². The fraction of sp³-hybridized carbons (Fsp3) is 0.375. The first-order valence-corrected chi connectivity index (χ1v) is 8.06. The highest BCUT2D eigenvalue weighted by Crippen LogP contribution is 2.19. The third kappa shape index (κ3) is 5.14. The Morgan fingerprint density at radius 2 is 2.14 bits per heavy atom. The Balaban J connectivity index is 1.69. The minimum atomic E-state index is 0.171. The molecule has 0 amide bonds. The predicted octanol–water partition coefficient (Wildman–Crippen LogP) is 4.38. The summed E-state index contributed by atoms with van der Waals surface area (Å²) in [6.45, 7) is 4.68. The number of Topliss-reactive ketones (excluding diaryl/α,β-unsaturated/α-hetero) is 1. The van der Waals surface area contributed by atoms with Crippen molar-refractivity contribution in [3.05, 3.63) is 44.9 Å². The summed E-state index contributed by atoms with van der Waals surface area (Å²) in [6.07, 6.45) is 3.16. The van der Waals surface area contributed by atoms with Gasteiger partial charge < -0.3 is 4.74 Å². The summed E-state index contributed by atoms with van der Waals surface area (Å²) in [4.78, 5) is 15.9. The zero-order valence-electron chi connectivity index (χ0n) is 12.2. The zero-order valence-corrected chi connectivity index (χ0v) is 13.8. The van der Waals surface area contributed by atoms with Gasteiger partial charge >= 0.3 is 0 Å². The summed E-state index contributed by atoms with van der Waals surface area (Å²) in [5.41, 5.74) is 2.46. The van der Waals surface area contributed by atoms with Crippen molar-refractivity contribution in [2.24, 2.45) is 0 Å². The molecule has 0 atom stereocenters. The molecule has 1 heterocycles. The van der Waals surface area contributed by atoms with Gasteiger partial charge in [0.1, 0.15) is 20.9 Å². The summed E-state index contributed by atoms with van der Waals surface area (Å²) in [6, 6.07) is 6.03. The van der Waals surface area contributed by atoms with Gasteiger partial charge in [-0.25, -0.2) is 4.98 Å². The van der Waals surface area contributed by atoms with Gasteiger partial charge in [0, 0.05) is 6.42 Å². The lowest BCUT2D eigenvalue weighted by atomic mass is 10.1. The van der Waals surface area contributed by atoms with E-state index >= 15 is 0 Å². The van der Waals surface area contributed by atoms with E-state index in [9.17, 15) is 4.79 Å². The first kappa shape index (κ1) is 16.0. The highest BCUT2D eigenvalue weighted by molar-refractivity contribution is 7.15. The van der Waals surface area contributed by atoms with E-state index in [1.165, 1.54) is 22.5 Å². The second-order valence-corrected chi connectivity index (χ2v) is 6.72. The first-order valence-electron chi connectivity index (χ1n) is 6.86. The molecule has 5 heteroatoms. The third-order valence-electron chi connectivity index (χ3n) is 3.22. The summed E-state index contributed by atoms with van der Waals surface area (Å²) < 4.78 is 6.28. The van der Waals surface area contributed by atoms with Gasteiger partial charge in [0.05, 0.1) is 19.2 Å². The van der Waals surface area contributed by atoms with Gasteiger partial charge in [0.15, 0.2) is 0 Å². The number of aryl methyl sites for hydroxylation is 2. The molecule has 0 saturated carbocycles. The maximum absolute atomic E-state index is 11.8. The summed E-state index contributed by atoms with van der Waals surface area (Å²) in [7, 11) is 0. The van der Waals surface area contributed by atoms with Crippen LogP contribution in [0.2, 0.25) is 4.34 Å². The van der Waals surface area contributed by atoms with E-state index in [1.807, 2.05) is 18.2 Å². The van der Waals surface area contributed by atoms with Crippen LogP contribution in [-0.4, -0.2) is 17.4 Å². The molecule has 0 aliphatic carbocycles. The minimum absolute atomic E-state index is 0.171. The number of aromatic nitrogens is 1. The average Bonchev–Trinajstić information content (AvgIpc) is 2.84. The van der Waals surface area contributed by atoms with Crippen LogP contribution < -0.4 is 4.74 Å². The Hall–Kier alpha value is -1.39. The van der Waals surface area contributed by atoms with E-state index < -0.39 is 0 Å². The van der Waals surface area contributed by atoms with Crippen molar-refractivity contribution >= 4 is 28.7 Å².